The molecule has 0 saturated carbocycles. The number of unbranched alkanes of at least 4 members (excludes halogenated alkanes) is 1. The molecule has 0 fully saturated rings. The molecule has 1 N–H and O–H groups in total. The summed E-state index contributed by atoms with van der Waals surface area (Å²) in [4.78, 5) is 12.6. The molecule has 2 rings (SSSR count). The fourth-order valence-electron chi connectivity index (χ4n) is 2.30. The number of nitrogens with zero attached hydrogens (tertiary/aromatic N) is 1. The highest BCUT2D eigenvalue weighted by Crippen LogP contribution is 2.34. The number of aliphatic carboxylic acids is 1. The summed E-state index contributed by atoms with van der Waals surface area (Å²) in [5.41, 5.74) is 0.884. The van der Waals surface area contributed by atoms with Crippen molar-refractivity contribution in [2.75, 3.05) is 18.0 Å². The van der Waals surface area contributed by atoms with Crippen LogP contribution in [0.1, 0.15) is 26.2 Å². The molecule has 1 aliphatic heterocycles. The molecule has 0 amide bonds. The highest BCUT2D eigenvalue weighted by atomic mass is 19.1. The van der Waals surface area contributed by atoms with E-state index in [1.165, 1.54) is 12.1 Å². The normalized spacial score (nSPS) is 17.8. The molecule has 0 radical (unpaired) electrons. The molecule has 1 aromatic rings. The zero-order chi connectivity index (χ0) is 13.8. The molecule has 0 bridgehead atoms. The van der Waals surface area contributed by atoms with E-state index in [-0.39, 0.29) is 18.3 Å². The van der Waals surface area contributed by atoms with Crippen LogP contribution in [0.5, 0.6) is 5.75 Å². The van der Waals surface area contributed by atoms with Gasteiger partial charge in [0.05, 0.1) is 12.2 Å². The number of fused-ring (bicyclic) bond motifs is 1. The first kappa shape index (κ1) is 13.6. The van der Waals surface area contributed by atoms with Crippen LogP contribution in [0.2, 0.25) is 0 Å². The number of carbonyl (C=O) groups is 1. The predicted octanol–water partition coefficient (Wildman–Crippen LogP) is 2.67. The highest BCUT2D eigenvalue weighted by Gasteiger charge is 2.22. The van der Waals surface area contributed by atoms with Gasteiger partial charge in [0, 0.05) is 19.0 Å². The van der Waals surface area contributed by atoms with E-state index in [2.05, 4.69) is 4.90 Å². The van der Waals surface area contributed by atoms with Crippen LogP contribution >= 0.6 is 0 Å². The number of rotatable bonds is 5. The van der Waals surface area contributed by atoms with Gasteiger partial charge in [0.15, 0.2) is 0 Å². The minimum Gasteiger partial charge on any atom is -0.487 e. The standard InChI is InChI=1S/C14H18FNO3/c1-10-9-16(7-3-2-4-14(17)18)12-6-5-11(15)8-13(12)19-10/h5-6,8,10H,2-4,7,9H2,1H3,(H,17,18). The Morgan fingerprint density at radius 2 is 2.32 bits per heavy atom. The number of benzene rings is 1. The van der Waals surface area contributed by atoms with Crippen LogP contribution in [-0.4, -0.2) is 30.3 Å². The van der Waals surface area contributed by atoms with E-state index in [0.717, 1.165) is 25.2 Å². The van der Waals surface area contributed by atoms with Gasteiger partial charge in [-0.25, -0.2) is 4.39 Å². The Hall–Kier alpha value is -1.78. The summed E-state index contributed by atoms with van der Waals surface area (Å²) in [6, 6.07) is 4.53. The zero-order valence-corrected chi connectivity index (χ0v) is 10.9. The monoisotopic (exact) mass is 267 g/mol. The van der Waals surface area contributed by atoms with Crippen molar-refractivity contribution in [1.29, 1.82) is 0 Å². The van der Waals surface area contributed by atoms with Gasteiger partial charge in [-0.1, -0.05) is 0 Å². The number of carboxylic acid groups (broad SMARTS) is 1. The van der Waals surface area contributed by atoms with Crippen LogP contribution < -0.4 is 9.64 Å². The maximum atomic E-state index is 13.2. The molecule has 5 heteroatoms. The second-order valence-electron chi connectivity index (χ2n) is 4.84. The summed E-state index contributed by atoms with van der Waals surface area (Å²) < 4.78 is 18.8. The summed E-state index contributed by atoms with van der Waals surface area (Å²) in [6.07, 6.45) is 1.65. The summed E-state index contributed by atoms with van der Waals surface area (Å²) in [7, 11) is 0. The molecule has 1 unspecified atom stereocenters. The molecule has 1 atom stereocenters. The Balaban J connectivity index is 2.00. The van der Waals surface area contributed by atoms with Crippen LogP contribution in [0, 0.1) is 5.82 Å². The molecule has 1 heterocycles. The van der Waals surface area contributed by atoms with Gasteiger partial charge in [-0.05, 0) is 31.9 Å². The number of halogens is 1. The van der Waals surface area contributed by atoms with Crippen LogP contribution in [0.4, 0.5) is 10.1 Å². The van der Waals surface area contributed by atoms with Gasteiger partial charge in [0.25, 0.3) is 0 Å². The summed E-state index contributed by atoms with van der Waals surface area (Å²) >= 11 is 0. The maximum Gasteiger partial charge on any atom is 0.303 e. The Kier molecular flexibility index (Phi) is 4.24. The fraction of sp³-hybridized carbons (Fsp3) is 0.500. The SMILES string of the molecule is CC1CN(CCCCC(=O)O)c2ccc(F)cc2O1. The first-order chi connectivity index (χ1) is 9.06. The zero-order valence-electron chi connectivity index (χ0n) is 10.9. The van der Waals surface area contributed by atoms with E-state index in [1.54, 1.807) is 6.07 Å². The molecule has 104 valence electrons. The quantitative estimate of drug-likeness (QED) is 0.833. The average molecular weight is 267 g/mol. The lowest BCUT2D eigenvalue weighted by Gasteiger charge is -2.35. The number of hydrogen-bond acceptors (Lipinski definition) is 3. The van der Waals surface area contributed by atoms with E-state index in [4.69, 9.17) is 9.84 Å². The van der Waals surface area contributed by atoms with Crippen LogP contribution in [0.25, 0.3) is 0 Å². The van der Waals surface area contributed by atoms with Crippen LogP contribution in [0.15, 0.2) is 18.2 Å². The van der Waals surface area contributed by atoms with Gasteiger partial charge >= 0.3 is 5.97 Å². The lowest BCUT2D eigenvalue weighted by atomic mass is 10.1. The van der Waals surface area contributed by atoms with Crippen molar-refractivity contribution in [3.63, 3.8) is 0 Å². The second kappa shape index (κ2) is 5.91. The lowest BCUT2D eigenvalue weighted by molar-refractivity contribution is -0.137. The van der Waals surface area contributed by atoms with Crippen molar-refractivity contribution < 1.29 is 19.0 Å². The van der Waals surface area contributed by atoms with Gasteiger partial charge in [-0.15, -0.1) is 0 Å². The molecule has 0 aliphatic carbocycles. The Morgan fingerprint density at radius 3 is 3.05 bits per heavy atom. The molecule has 1 aromatic carbocycles. The number of hydrogen-bond donors (Lipinski definition) is 1. The third-order valence-corrected chi connectivity index (χ3v) is 3.14. The molecular weight excluding hydrogens is 249 g/mol. The summed E-state index contributed by atoms with van der Waals surface area (Å²) in [5, 5.41) is 8.61. The lowest BCUT2D eigenvalue weighted by Crippen LogP contribution is -2.39. The van der Waals surface area contributed by atoms with Crippen LogP contribution in [-0.2, 0) is 4.79 Å². The summed E-state index contributed by atoms with van der Waals surface area (Å²) in [6.45, 7) is 3.45. The Labute approximate surface area is 111 Å². The minimum absolute atomic E-state index is 0.00812. The maximum absolute atomic E-state index is 13.2. The first-order valence-corrected chi connectivity index (χ1v) is 6.49. The number of carboxylic acids is 1. The van der Waals surface area contributed by atoms with Gasteiger partial charge in [-0.2, -0.15) is 0 Å². The second-order valence-corrected chi connectivity index (χ2v) is 4.84. The first-order valence-electron chi connectivity index (χ1n) is 6.49. The van der Waals surface area contributed by atoms with E-state index in [0.29, 0.717) is 12.2 Å². The molecule has 0 aromatic heterocycles. The van der Waals surface area contributed by atoms with Crippen molar-refractivity contribution in [2.24, 2.45) is 0 Å². The molecule has 0 saturated heterocycles. The van der Waals surface area contributed by atoms with Crippen molar-refractivity contribution in [3.05, 3.63) is 24.0 Å². The minimum atomic E-state index is -0.766. The van der Waals surface area contributed by atoms with E-state index in [1.807, 2.05) is 6.92 Å². The predicted molar refractivity (Wildman–Crippen MR) is 70.2 cm³/mol. The van der Waals surface area contributed by atoms with Gasteiger partial charge < -0.3 is 14.7 Å². The molecular formula is C14H18FNO3. The van der Waals surface area contributed by atoms with Crippen molar-refractivity contribution in [1.82, 2.24) is 0 Å². The van der Waals surface area contributed by atoms with Crippen molar-refractivity contribution in [2.45, 2.75) is 32.3 Å². The molecule has 19 heavy (non-hydrogen) atoms. The third-order valence-electron chi connectivity index (χ3n) is 3.14. The van der Waals surface area contributed by atoms with Crippen LogP contribution in [0.3, 0.4) is 0 Å². The van der Waals surface area contributed by atoms with Gasteiger partial charge in [-0.3, -0.25) is 4.79 Å². The molecule has 1 aliphatic rings. The highest BCUT2D eigenvalue weighted by molar-refractivity contribution is 5.66. The van der Waals surface area contributed by atoms with Crippen molar-refractivity contribution >= 4 is 11.7 Å². The molecule has 0 spiro atoms. The Bertz CT molecular complexity index is 464. The number of anilines is 1. The molecule has 4 nitrogen and oxygen atoms in total. The fourth-order valence-corrected chi connectivity index (χ4v) is 2.30. The Morgan fingerprint density at radius 1 is 1.53 bits per heavy atom. The van der Waals surface area contributed by atoms with Gasteiger partial charge in [0.2, 0.25) is 0 Å². The smallest absolute Gasteiger partial charge is 0.303 e. The van der Waals surface area contributed by atoms with E-state index in [9.17, 15) is 9.18 Å². The topological polar surface area (TPSA) is 49.8 Å². The largest absolute Gasteiger partial charge is 0.487 e. The number of ether oxygens (including phenoxy) is 1. The van der Waals surface area contributed by atoms with E-state index >= 15 is 0 Å². The van der Waals surface area contributed by atoms with Crippen molar-refractivity contribution in [3.8, 4) is 5.75 Å². The van der Waals surface area contributed by atoms with Gasteiger partial charge in [0.1, 0.15) is 17.7 Å². The van der Waals surface area contributed by atoms with E-state index < -0.39 is 5.97 Å². The average Bonchev–Trinajstić information content (AvgIpc) is 2.33. The third kappa shape index (κ3) is 3.59. The summed E-state index contributed by atoms with van der Waals surface area (Å²) in [5.74, 6) is -0.506.